The van der Waals surface area contributed by atoms with E-state index in [1.165, 1.54) is 16.4 Å². The van der Waals surface area contributed by atoms with Gasteiger partial charge in [-0.05, 0) is 37.1 Å². The van der Waals surface area contributed by atoms with Crippen molar-refractivity contribution in [3.05, 3.63) is 51.2 Å². The molecule has 144 valence electrons. The molecule has 0 unspecified atom stereocenters. The Morgan fingerprint density at radius 3 is 2.44 bits per heavy atom. The zero-order valence-electron chi connectivity index (χ0n) is 14.4. The van der Waals surface area contributed by atoms with Gasteiger partial charge in [0.25, 0.3) is 0 Å². The van der Waals surface area contributed by atoms with Crippen LogP contribution in [0.25, 0.3) is 0 Å². The molecule has 1 aromatic heterocycles. The van der Waals surface area contributed by atoms with E-state index in [-0.39, 0.29) is 10.5 Å². The molecule has 0 radical (unpaired) electrons. The zero-order chi connectivity index (χ0) is 19.4. The summed E-state index contributed by atoms with van der Waals surface area (Å²) in [5.74, 6) is -1.24. The Bertz CT molecular complexity index is 948. The molecule has 3 rings (SSSR count). The maximum Gasteiger partial charge on any atom is 0.339 e. The molecule has 0 N–H and O–H groups in total. The van der Waals surface area contributed by atoms with Crippen molar-refractivity contribution < 1.29 is 22.7 Å². The number of carbonyl (C=O) groups is 2. The predicted octanol–water partition coefficient (Wildman–Crippen LogP) is 3.62. The van der Waals surface area contributed by atoms with Crippen LogP contribution in [0.2, 0.25) is 4.34 Å². The number of halogens is 1. The van der Waals surface area contributed by atoms with Crippen molar-refractivity contribution in [2.75, 3.05) is 19.7 Å². The molecule has 0 saturated carbocycles. The van der Waals surface area contributed by atoms with Crippen molar-refractivity contribution in [1.29, 1.82) is 0 Å². The Morgan fingerprint density at radius 1 is 1.07 bits per heavy atom. The maximum atomic E-state index is 12.9. The van der Waals surface area contributed by atoms with E-state index in [0.717, 1.165) is 30.6 Å². The Kier molecular flexibility index (Phi) is 6.31. The normalized spacial score (nSPS) is 15.4. The fraction of sp³-hybridized carbons (Fsp3) is 0.333. The summed E-state index contributed by atoms with van der Waals surface area (Å²) in [6, 6.07) is 9.05. The van der Waals surface area contributed by atoms with Gasteiger partial charge in [-0.15, -0.1) is 11.3 Å². The van der Waals surface area contributed by atoms with Gasteiger partial charge in [0.15, 0.2) is 6.61 Å². The molecular weight excluding hydrogens is 410 g/mol. The van der Waals surface area contributed by atoms with Crippen molar-refractivity contribution in [3.8, 4) is 0 Å². The summed E-state index contributed by atoms with van der Waals surface area (Å²) in [7, 11) is -3.79. The molecule has 1 saturated heterocycles. The SMILES string of the molecule is O=C(COC(=O)c1ccccc1S(=O)(=O)N1CCCCC1)c1ccc(Cl)s1. The monoisotopic (exact) mass is 427 g/mol. The van der Waals surface area contributed by atoms with Gasteiger partial charge in [0, 0.05) is 13.1 Å². The highest BCUT2D eigenvalue weighted by atomic mass is 35.5. The number of rotatable bonds is 6. The predicted molar refractivity (Wildman–Crippen MR) is 103 cm³/mol. The second kappa shape index (κ2) is 8.52. The van der Waals surface area contributed by atoms with E-state index in [1.54, 1.807) is 24.3 Å². The highest BCUT2D eigenvalue weighted by Crippen LogP contribution is 2.25. The number of nitrogens with zero attached hydrogens (tertiary/aromatic N) is 1. The van der Waals surface area contributed by atoms with E-state index in [2.05, 4.69) is 0 Å². The Labute approximate surface area is 166 Å². The highest BCUT2D eigenvalue weighted by Gasteiger charge is 2.30. The number of piperidine rings is 1. The molecule has 1 aliphatic rings. The number of esters is 1. The van der Waals surface area contributed by atoms with Gasteiger partial charge < -0.3 is 4.74 Å². The molecule has 0 atom stereocenters. The quantitative estimate of drug-likeness (QED) is 0.519. The van der Waals surface area contributed by atoms with Crippen LogP contribution in [-0.2, 0) is 14.8 Å². The molecule has 0 spiro atoms. The second-order valence-corrected chi connectivity index (χ2v) is 9.69. The van der Waals surface area contributed by atoms with E-state index in [4.69, 9.17) is 16.3 Å². The summed E-state index contributed by atoms with van der Waals surface area (Å²) >= 11 is 6.89. The largest absolute Gasteiger partial charge is 0.454 e. The lowest BCUT2D eigenvalue weighted by Gasteiger charge is -2.26. The van der Waals surface area contributed by atoms with Crippen LogP contribution in [0.1, 0.15) is 39.3 Å². The number of Topliss-reactive ketones (excluding diaryl/α,β-unsaturated/α-hetero) is 1. The van der Waals surface area contributed by atoms with Crippen molar-refractivity contribution in [1.82, 2.24) is 4.31 Å². The van der Waals surface area contributed by atoms with Gasteiger partial charge in [0.2, 0.25) is 15.8 Å². The fourth-order valence-electron chi connectivity index (χ4n) is 2.85. The standard InChI is InChI=1S/C18H18ClNO5S2/c19-17-9-8-15(26-17)14(21)12-25-18(22)13-6-2-3-7-16(13)27(23,24)20-10-4-1-5-11-20/h2-3,6-9H,1,4-5,10-12H2. The van der Waals surface area contributed by atoms with Crippen LogP contribution >= 0.6 is 22.9 Å². The number of hydrogen-bond donors (Lipinski definition) is 0. The van der Waals surface area contributed by atoms with Gasteiger partial charge in [-0.2, -0.15) is 4.31 Å². The van der Waals surface area contributed by atoms with E-state index in [1.807, 2.05) is 0 Å². The van der Waals surface area contributed by atoms with Crippen molar-refractivity contribution >= 4 is 44.7 Å². The average molecular weight is 428 g/mol. The first-order chi connectivity index (χ1) is 12.9. The molecule has 2 aromatic rings. The zero-order valence-corrected chi connectivity index (χ0v) is 16.8. The summed E-state index contributed by atoms with van der Waals surface area (Å²) in [4.78, 5) is 24.8. The molecule has 0 bridgehead atoms. The molecule has 1 fully saturated rings. The van der Waals surface area contributed by atoms with Gasteiger partial charge in [0.05, 0.1) is 19.7 Å². The number of thiophene rings is 1. The van der Waals surface area contributed by atoms with Crippen LogP contribution in [0.15, 0.2) is 41.3 Å². The van der Waals surface area contributed by atoms with Gasteiger partial charge in [-0.3, -0.25) is 4.79 Å². The van der Waals surface area contributed by atoms with Crippen LogP contribution in [-0.4, -0.2) is 44.2 Å². The number of ether oxygens (including phenoxy) is 1. The minimum atomic E-state index is -3.79. The summed E-state index contributed by atoms with van der Waals surface area (Å²) in [5, 5.41) is 0. The first-order valence-electron chi connectivity index (χ1n) is 8.44. The summed E-state index contributed by atoms with van der Waals surface area (Å²) < 4.78 is 32.7. The Balaban J connectivity index is 1.76. The third kappa shape index (κ3) is 4.57. The minimum Gasteiger partial charge on any atom is -0.454 e. The van der Waals surface area contributed by atoms with E-state index < -0.39 is 28.4 Å². The van der Waals surface area contributed by atoms with Gasteiger partial charge in [-0.25, -0.2) is 13.2 Å². The number of carbonyl (C=O) groups excluding carboxylic acids is 2. The average Bonchev–Trinajstić information content (AvgIpc) is 3.13. The molecule has 1 aromatic carbocycles. The third-order valence-corrected chi connectivity index (χ3v) is 7.45. The molecule has 9 heteroatoms. The van der Waals surface area contributed by atoms with Crippen molar-refractivity contribution in [3.63, 3.8) is 0 Å². The van der Waals surface area contributed by atoms with E-state index >= 15 is 0 Å². The molecular formula is C18H18ClNO5S2. The van der Waals surface area contributed by atoms with Crippen molar-refractivity contribution in [2.45, 2.75) is 24.2 Å². The molecule has 27 heavy (non-hydrogen) atoms. The maximum absolute atomic E-state index is 12.9. The molecule has 0 amide bonds. The minimum absolute atomic E-state index is 0.0694. The fourth-order valence-corrected chi connectivity index (χ4v) is 5.51. The van der Waals surface area contributed by atoms with Crippen LogP contribution in [0.3, 0.4) is 0 Å². The number of sulfonamides is 1. The summed E-state index contributed by atoms with van der Waals surface area (Å²) in [6.45, 7) is 0.389. The lowest BCUT2D eigenvalue weighted by Crippen LogP contribution is -2.36. The van der Waals surface area contributed by atoms with Crippen molar-refractivity contribution in [2.24, 2.45) is 0 Å². The number of benzene rings is 1. The number of hydrogen-bond acceptors (Lipinski definition) is 6. The van der Waals surface area contributed by atoms with Gasteiger partial charge in [0.1, 0.15) is 0 Å². The van der Waals surface area contributed by atoms with Gasteiger partial charge in [-0.1, -0.05) is 30.2 Å². The molecule has 0 aliphatic carbocycles. The van der Waals surface area contributed by atoms with E-state index in [9.17, 15) is 18.0 Å². The summed E-state index contributed by atoms with van der Waals surface area (Å²) in [6.07, 6.45) is 2.58. The first kappa shape index (κ1) is 20.0. The first-order valence-corrected chi connectivity index (χ1v) is 11.1. The molecule has 2 heterocycles. The smallest absolute Gasteiger partial charge is 0.339 e. The van der Waals surface area contributed by atoms with Crippen LogP contribution in [0, 0.1) is 0 Å². The molecule has 1 aliphatic heterocycles. The third-order valence-electron chi connectivity index (χ3n) is 4.22. The van der Waals surface area contributed by atoms with E-state index in [0.29, 0.717) is 22.3 Å². The van der Waals surface area contributed by atoms with Crippen LogP contribution in [0.4, 0.5) is 0 Å². The Morgan fingerprint density at radius 2 is 1.78 bits per heavy atom. The van der Waals surface area contributed by atoms with Crippen LogP contribution in [0.5, 0.6) is 0 Å². The molecule has 6 nitrogen and oxygen atoms in total. The Hall–Kier alpha value is -1.74. The van der Waals surface area contributed by atoms with Crippen LogP contribution < -0.4 is 0 Å². The highest BCUT2D eigenvalue weighted by molar-refractivity contribution is 7.89. The van der Waals surface area contributed by atoms with Gasteiger partial charge >= 0.3 is 5.97 Å². The topological polar surface area (TPSA) is 80.8 Å². The second-order valence-electron chi connectivity index (χ2n) is 6.06. The number of ketones is 1. The lowest BCUT2D eigenvalue weighted by molar-refractivity contribution is 0.0472. The summed E-state index contributed by atoms with van der Waals surface area (Å²) in [5.41, 5.74) is -0.0694. The lowest BCUT2D eigenvalue weighted by atomic mass is 10.2.